The van der Waals surface area contributed by atoms with Gasteiger partial charge in [0.1, 0.15) is 5.75 Å². The molecule has 3 rings (SSSR count). The first-order valence-electron chi connectivity index (χ1n) is 11.1. The van der Waals surface area contributed by atoms with Crippen LogP contribution in [0.4, 0.5) is 5.69 Å². The molecule has 0 aliphatic carbocycles. The van der Waals surface area contributed by atoms with Crippen molar-refractivity contribution in [1.82, 2.24) is 9.21 Å². The molecule has 174 valence electrons. The molecule has 0 aromatic heterocycles. The molecular weight excluding hydrogens is 426 g/mol. The summed E-state index contributed by atoms with van der Waals surface area (Å²) >= 11 is 0. The minimum absolute atomic E-state index is 0.00891. The summed E-state index contributed by atoms with van der Waals surface area (Å²) in [5, 5.41) is 2.94. The highest BCUT2D eigenvalue weighted by Crippen LogP contribution is 2.23. The molecule has 32 heavy (non-hydrogen) atoms. The van der Waals surface area contributed by atoms with Crippen molar-refractivity contribution in [3.8, 4) is 5.75 Å². The molecule has 2 aromatic rings. The minimum Gasteiger partial charge on any atom is -0.497 e. The molecule has 0 unspecified atom stereocenters. The van der Waals surface area contributed by atoms with Crippen LogP contribution in [-0.4, -0.2) is 56.8 Å². The van der Waals surface area contributed by atoms with Crippen molar-refractivity contribution in [1.29, 1.82) is 0 Å². The highest BCUT2D eigenvalue weighted by atomic mass is 32.2. The molecule has 0 saturated carbocycles. The van der Waals surface area contributed by atoms with Gasteiger partial charge in [-0.05, 0) is 67.9 Å². The number of nitrogens with one attached hydrogen (secondary N) is 1. The van der Waals surface area contributed by atoms with Crippen LogP contribution in [0.5, 0.6) is 5.75 Å². The molecule has 0 radical (unpaired) electrons. The summed E-state index contributed by atoms with van der Waals surface area (Å²) in [6, 6.07) is 14.5. The Kier molecular flexibility index (Phi) is 8.28. The Bertz CT molecular complexity index is 996. The summed E-state index contributed by atoms with van der Waals surface area (Å²) in [6.45, 7) is 7.04. The molecule has 8 heteroatoms. The van der Waals surface area contributed by atoms with Gasteiger partial charge in [0.25, 0.3) is 0 Å². The molecule has 1 aliphatic rings. The van der Waals surface area contributed by atoms with Crippen LogP contribution in [0.25, 0.3) is 0 Å². The van der Waals surface area contributed by atoms with Crippen LogP contribution in [0.2, 0.25) is 0 Å². The van der Waals surface area contributed by atoms with Crippen molar-refractivity contribution in [2.45, 2.75) is 38.1 Å². The maximum atomic E-state index is 12.7. The monoisotopic (exact) mass is 459 g/mol. The Balaban J connectivity index is 1.52. The van der Waals surface area contributed by atoms with E-state index in [4.69, 9.17) is 4.74 Å². The Morgan fingerprint density at radius 2 is 1.75 bits per heavy atom. The fraction of sp³-hybridized carbons (Fsp3) is 0.458. The Morgan fingerprint density at radius 1 is 1.09 bits per heavy atom. The van der Waals surface area contributed by atoms with E-state index in [0.717, 1.165) is 38.2 Å². The van der Waals surface area contributed by atoms with E-state index in [2.05, 4.69) is 16.3 Å². The predicted molar refractivity (Wildman–Crippen MR) is 126 cm³/mol. The first kappa shape index (κ1) is 24.2. The summed E-state index contributed by atoms with van der Waals surface area (Å²) in [6.07, 6.45) is 1.59. The summed E-state index contributed by atoms with van der Waals surface area (Å²) in [5.74, 6) is 0.800. The van der Waals surface area contributed by atoms with Gasteiger partial charge >= 0.3 is 0 Å². The third kappa shape index (κ3) is 5.88. The van der Waals surface area contributed by atoms with Crippen molar-refractivity contribution in [3.05, 3.63) is 54.1 Å². The van der Waals surface area contributed by atoms with Gasteiger partial charge in [0.15, 0.2) is 0 Å². The molecule has 1 saturated heterocycles. The number of carbonyl (C=O) groups is 1. The van der Waals surface area contributed by atoms with Gasteiger partial charge in [-0.25, -0.2) is 8.42 Å². The highest BCUT2D eigenvalue weighted by Gasteiger charge is 2.26. The summed E-state index contributed by atoms with van der Waals surface area (Å²) in [5.41, 5.74) is 1.82. The number of nitrogens with zero attached hydrogens (tertiary/aromatic N) is 2. The van der Waals surface area contributed by atoms with Gasteiger partial charge in [0.2, 0.25) is 15.9 Å². The van der Waals surface area contributed by atoms with Crippen molar-refractivity contribution < 1.29 is 17.9 Å². The van der Waals surface area contributed by atoms with E-state index >= 15 is 0 Å². The molecule has 2 aromatic carbocycles. The Morgan fingerprint density at radius 3 is 2.34 bits per heavy atom. The van der Waals surface area contributed by atoms with Gasteiger partial charge in [-0.3, -0.25) is 9.69 Å². The van der Waals surface area contributed by atoms with Crippen LogP contribution in [0, 0.1) is 5.92 Å². The normalized spacial score (nSPS) is 15.6. The van der Waals surface area contributed by atoms with E-state index in [9.17, 15) is 13.2 Å². The number of amides is 1. The lowest BCUT2D eigenvalue weighted by Gasteiger charge is -2.31. The van der Waals surface area contributed by atoms with Crippen LogP contribution in [-0.2, 0) is 21.4 Å². The van der Waals surface area contributed by atoms with Crippen LogP contribution < -0.4 is 10.1 Å². The second kappa shape index (κ2) is 10.9. The van der Waals surface area contributed by atoms with Crippen molar-refractivity contribution in [2.24, 2.45) is 5.92 Å². The predicted octanol–water partition coefficient (Wildman–Crippen LogP) is 3.58. The Hall–Kier alpha value is -2.42. The zero-order valence-corrected chi connectivity index (χ0v) is 19.9. The molecule has 1 aliphatic heterocycles. The number of likely N-dealkylation sites (tertiary alicyclic amines) is 1. The second-order valence-electron chi connectivity index (χ2n) is 8.00. The van der Waals surface area contributed by atoms with Gasteiger partial charge < -0.3 is 10.1 Å². The average molecular weight is 460 g/mol. The van der Waals surface area contributed by atoms with E-state index in [0.29, 0.717) is 18.8 Å². The van der Waals surface area contributed by atoms with E-state index in [-0.39, 0.29) is 16.7 Å². The lowest BCUT2D eigenvalue weighted by molar-refractivity contribution is -0.121. The number of ether oxygens (including phenoxy) is 1. The number of methoxy groups -OCH3 is 1. The van der Waals surface area contributed by atoms with Crippen molar-refractivity contribution in [2.75, 3.05) is 38.6 Å². The molecule has 1 N–H and O–H groups in total. The smallest absolute Gasteiger partial charge is 0.243 e. The molecule has 0 spiro atoms. The summed E-state index contributed by atoms with van der Waals surface area (Å²) in [7, 11) is -1.83. The van der Waals surface area contributed by atoms with Crippen molar-refractivity contribution >= 4 is 21.6 Å². The first-order chi connectivity index (χ1) is 15.4. The average Bonchev–Trinajstić information content (AvgIpc) is 2.80. The van der Waals surface area contributed by atoms with Crippen LogP contribution >= 0.6 is 0 Å². The number of sulfonamides is 1. The van der Waals surface area contributed by atoms with Crippen LogP contribution in [0.1, 0.15) is 32.3 Å². The SMILES string of the molecule is CCN(CC)S(=O)(=O)c1ccc(NC(=O)C2CCN(Cc3cccc(OC)c3)CC2)cc1. The topological polar surface area (TPSA) is 79.0 Å². The number of anilines is 1. The minimum atomic E-state index is -3.50. The molecular formula is C24H33N3O4S. The number of hydrogen-bond acceptors (Lipinski definition) is 5. The molecule has 7 nitrogen and oxygen atoms in total. The highest BCUT2D eigenvalue weighted by molar-refractivity contribution is 7.89. The van der Waals surface area contributed by atoms with E-state index in [1.54, 1.807) is 31.4 Å². The third-order valence-electron chi connectivity index (χ3n) is 5.96. The number of hydrogen-bond donors (Lipinski definition) is 1. The standard InChI is InChI=1S/C24H33N3O4S/c1-4-27(5-2)32(29,30)23-11-9-21(10-12-23)25-24(28)20-13-15-26(16-14-20)18-19-7-6-8-22(17-19)31-3/h6-12,17,20H,4-5,13-16,18H2,1-3H3,(H,25,28). The molecule has 1 fully saturated rings. The van der Waals surface area contributed by atoms with Crippen LogP contribution in [0.15, 0.2) is 53.4 Å². The largest absolute Gasteiger partial charge is 0.497 e. The Labute approximate surface area is 191 Å². The molecule has 1 amide bonds. The fourth-order valence-electron chi connectivity index (χ4n) is 4.05. The molecule has 0 atom stereocenters. The van der Waals surface area contributed by atoms with Gasteiger partial charge in [-0.2, -0.15) is 4.31 Å². The first-order valence-corrected chi connectivity index (χ1v) is 12.6. The molecule has 1 heterocycles. The maximum Gasteiger partial charge on any atom is 0.243 e. The van der Waals surface area contributed by atoms with E-state index < -0.39 is 10.0 Å². The molecule has 0 bridgehead atoms. The van der Waals surface area contributed by atoms with Gasteiger partial charge in [0.05, 0.1) is 12.0 Å². The fourth-order valence-corrected chi connectivity index (χ4v) is 5.51. The number of benzene rings is 2. The summed E-state index contributed by atoms with van der Waals surface area (Å²) < 4.78 is 31.9. The van der Waals surface area contributed by atoms with Gasteiger partial charge in [-0.15, -0.1) is 0 Å². The van der Waals surface area contributed by atoms with E-state index in [1.165, 1.54) is 9.87 Å². The van der Waals surface area contributed by atoms with Crippen LogP contribution in [0.3, 0.4) is 0 Å². The number of rotatable bonds is 9. The lowest BCUT2D eigenvalue weighted by atomic mass is 9.95. The maximum absolute atomic E-state index is 12.7. The number of carbonyl (C=O) groups excluding carboxylic acids is 1. The second-order valence-corrected chi connectivity index (χ2v) is 9.94. The quantitative estimate of drug-likeness (QED) is 0.620. The zero-order valence-electron chi connectivity index (χ0n) is 19.1. The number of piperidine rings is 1. The van der Waals surface area contributed by atoms with Gasteiger partial charge in [0, 0.05) is 31.2 Å². The zero-order chi connectivity index (χ0) is 23.1. The lowest BCUT2D eigenvalue weighted by Crippen LogP contribution is -2.37. The van der Waals surface area contributed by atoms with Crippen molar-refractivity contribution in [3.63, 3.8) is 0 Å². The van der Waals surface area contributed by atoms with Gasteiger partial charge in [-0.1, -0.05) is 26.0 Å². The third-order valence-corrected chi connectivity index (χ3v) is 8.03. The van der Waals surface area contributed by atoms with E-state index in [1.807, 2.05) is 32.0 Å². The summed E-state index contributed by atoms with van der Waals surface area (Å²) in [4.78, 5) is 15.3.